The van der Waals surface area contributed by atoms with Crippen molar-refractivity contribution >= 4 is 11.9 Å². The maximum Gasteiger partial charge on any atom is 0.306 e. The van der Waals surface area contributed by atoms with Crippen LogP contribution in [0.5, 0.6) is 0 Å². The molecule has 1 aliphatic carbocycles. The van der Waals surface area contributed by atoms with Gasteiger partial charge in [-0.2, -0.15) is 0 Å². The third kappa shape index (κ3) is 5.82. The summed E-state index contributed by atoms with van der Waals surface area (Å²) in [6.45, 7) is 8.57. The third-order valence-corrected chi connectivity index (χ3v) is 5.45. The highest BCUT2D eigenvalue weighted by Crippen LogP contribution is 2.38. The van der Waals surface area contributed by atoms with Gasteiger partial charge in [-0.3, -0.25) is 9.59 Å². The highest BCUT2D eigenvalue weighted by Gasteiger charge is 2.31. The van der Waals surface area contributed by atoms with Crippen LogP contribution in [0, 0.1) is 11.3 Å². The summed E-state index contributed by atoms with van der Waals surface area (Å²) in [5.74, 6) is 0.630. The van der Waals surface area contributed by atoms with Gasteiger partial charge in [0.1, 0.15) is 6.10 Å². The number of carbonyl (C=O) groups excluding carboxylic acids is 2. The molecule has 1 aliphatic heterocycles. The number of piperidine rings is 1. The highest BCUT2D eigenvalue weighted by molar-refractivity contribution is 5.81. The minimum Gasteiger partial charge on any atom is -0.462 e. The molecule has 0 N–H and O–H groups in total. The van der Waals surface area contributed by atoms with E-state index < -0.39 is 0 Å². The van der Waals surface area contributed by atoms with Gasteiger partial charge in [0.2, 0.25) is 5.91 Å². The van der Waals surface area contributed by atoms with Gasteiger partial charge >= 0.3 is 5.97 Å². The first-order valence-corrected chi connectivity index (χ1v) is 9.33. The van der Waals surface area contributed by atoms with Crippen LogP contribution in [0.25, 0.3) is 0 Å². The van der Waals surface area contributed by atoms with Gasteiger partial charge in [-0.25, -0.2) is 0 Å². The average Bonchev–Trinajstić information content (AvgIpc) is 2.53. The van der Waals surface area contributed by atoms with Crippen molar-refractivity contribution in [2.75, 3.05) is 13.1 Å². The quantitative estimate of drug-likeness (QED) is 0.737. The lowest BCUT2D eigenvalue weighted by molar-refractivity contribution is -0.153. The van der Waals surface area contributed by atoms with Crippen molar-refractivity contribution < 1.29 is 14.3 Å². The lowest BCUT2D eigenvalue weighted by Crippen LogP contribution is -2.36. The minimum absolute atomic E-state index is 0.0613. The van der Waals surface area contributed by atoms with Crippen LogP contribution < -0.4 is 0 Å². The molecule has 4 heteroatoms. The van der Waals surface area contributed by atoms with E-state index >= 15 is 0 Å². The van der Waals surface area contributed by atoms with Crippen LogP contribution in [0.4, 0.5) is 0 Å². The summed E-state index contributed by atoms with van der Waals surface area (Å²) in [6, 6.07) is 0. The number of esters is 1. The average molecular weight is 323 g/mol. The van der Waals surface area contributed by atoms with Gasteiger partial charge in [-0.15, -0.1) is 0 Å². The van der Waals surface area contributed by atoms with Crippen molar-refractivity contribution in [3.8, 4) is 0 Å². The topological polar surface area (TPSA) is 46.6 Å². The van der Waals surface area contributed by atoms with Gasteiger partial charge < -0.3 is 9.64 Å². The zero-order valence-electron chi connectivity index (χ0n) is 15.1. The van der Waals surface area contributed by atoms with E-state index in [0.717, 1.165) is 57.5 Å². The van der Waals surface area contributed by atoms with E-state index in [9.17, 15) is 9.59 Å². The number of rotatable bonds is 4. The number of amides is 1. The predicted molar refractivity (Wildman–Crippen MR) is 91.0 cm³/mol. The molecule has 0 atom stereocenters. The first-order valence-electron chi connectivity index (χ1n) is 9.33. The van der Waals surface area contributed by atoms with Crippen LogP contribution in [0.15, 0.2) is 0 Å². The van der Waals surface area contributed by atoms with Crippen LogP contribution in [-0.2, 0) is 14.3 Å². The molecule has 1 saturated heterocycles. The fourth-order valence-corrected chi connectivity index (χ4v) is 3.80. The number of hydrogen-bond donors (Lipinski definition) is 0. The number of carbonyl (C=O) groups is 2. The summed E-state index contributed by atoms with van der Waals surface area (Å²) in [7, 11) is 0. The minimum atomic E-state index is -0.199. The molecule has 0 spiro atoms. The summed E-state index contributed by atoms with van der Waals surface area (Å²) in [6.07, 6.45) is 8.18. The molecular formula is C19H33NO3. The maximum absolute atomic E-state index is 12.1. The first kappa shape index (κ1) is 18.3. The van der Waals surface area contributed by atoms with E-state index in [1.807, 2.05) is 4.90 Å². The summed E-state index contributed by atoms with van der Waals surface area (Å²) in [5, 5.41) is 0. The molecule has 2 aliphatic rings. The molecule has 4 nitrogen and oxygen atoms in total. The first-order chi connectivity index (χ1) is 10.9. The Balaban J connectivity index is 1.64. The second-order valence-electron chi connectivity index (χ2n) is 8.27. The molecule has 1 heterocycles. The Hall–Kier alpha value is -1.06. The Bertz CT molecular complexity index is 399. The largest absolute Gasteiger partial charge is 0.462 e. The summed E-state index contributed by atoms with van der Waals surface area (Å²) in [5.41, 5.74) is 0.343. The standard InChI is InChI=1S/C19H33NO3/c1-19(2,3)15-7-9-16(10-8-15)23-18(22)12-11-17(21)20-13-5-4-6-14-20/h15-16H,4-14H2,1-3H3. The highest BCUT2D eigenvalue weighted by atomic mass is 16.5. The van der Waals surface area contributed by atoms with E-state index in [1.165, 1.54) is 6.42 Å². The van der Waals surface area contributed by atoms with Crippen LogP contribution in [-0.4, -0.2) is 36.0 Å². The molecule has 23 heavy (non-hydrogen) atoms. The molecule has 0 aromatic carbocycles. The Morgan fingerprint density at radius 1 is 0.957 bits per heavy atom. The van der Waals surface area contributed by atoms with Gasteiger partial charge in [0, 0.05) is 19.5 Å². The zero-order valence-corrected chi connectivity index (χ0v) is 15.1. The van der Waals surface area contributed by atoms with Gasteiger partial charge in [-0.1, -0.05) is 20.8 Å². The SMILES string of the molecule is CC(C)(C)C1CCC(OC(=O)CCC(=O)N2CCCCC2)CC1. The normalized spacial score (nSPS) is 26.0. The predicted octanol–water partition coefficient (Wildman–Crippen LogP) is 3.93. The third-order valence-electron chi connectivity index (χ3n) is 5.45. The van der Waals surface area contributed by atoms with Crippen molar-refractivity contribution in [2.24, 2.45) is 11.3 Å². The van der Waals surface area contributed by atoms with Gasteiger partial charge in [-0.05, 0) is 56.3 Å². The summed E-state index contributed by atoms with van der Waals surface area (Å²) >= 11 is 0. The molecule has 2 fully saturated rings. The Morgan fingerprint density at radius 3 is 2.13 bits per heavy atom. The smallest absolute Gasteiger partial charge is 0.306 e. The molecule has 0 radical (unpaired) electrons. The Kier molecular flexibility index (Phi) is 6.49. The van der Waals surface area contributed by atoms with Crippen LogP contribution >= 0.6 is 0 Å². The second kappa shape index (κ2) is 8.16. The second-order valence-corrected chi connectivity index (χ2v) is 8.27. The molecule has 132 valence electrons. The molecule has 1 saturated carbocycles. The molecule has 0 bridgehead atoms. The van der Waals surface area contributed by atoms with Gasteiger partial charge in [0.15, 0.2) is 0 Å². The van der Waals surface area contributed by atoms with E-state index in [1.54, 1.807) is 0 Å². The Labute approximate surface area is 140 Å². The van der Waals surface area contributed by atoms with E-state index in [4.69, 9.17) is 4.74 Å². The van der Waals surface area contributed by atoms with Crippen molar-refractivity contribution in [3.05, 3.63) is 0 Å². The van der Waals surface area contributed by atoms with E-state index in [2.05, 4.69) is 20.8 Å². The number of likely N-dealkylation sites (tertiary alicyclic amines) is 1. The molecular weight excluding hydrogens is 290 g/mol. The molecule has 0 aromatic heterocycles. The van der Waals surface area contributed by atoms with Crippen molar-refractivity contribution in [2.45, 2.75) is 84.7 Å². The van der Waals surface area contributed by atoms with E-state index in [-0.39, 0.29) is 24.4 Å². The van der Waals surface area contributed by atoms with Crippen molar-refractivity contribution in [3.63, 3.8) is 0 Å². The number of ether oxygens (including phenoxy) is 1. The van der Waals surface area contributed by atoms with Crippen LogP contribution in [0.3, 0.4) is 0 Å². The lowest BCUT2D eigenvalue weighted by atomic mass is 9.72. The monoisotopic (exact) mass is 323 g/mol. The lowest BCUT2D eigenvalue weighted by Gasteiger charge is -2.36. The zero-order chi connectivity index (χ0) is 16.9. The van der Waals surface area contributed by atoms with Gasteiger partial charge in [0.25, 0.3) is 0 Å². The summed E-state index contributed by atoms with van der Waals surface area (Å²) < 4.78 is 5.58. The van der Waals surface area contributed by atoms with Gasteiger partial charge in [0.05, 0.1) is 6.42 Å². The molecule has 1 amide bonds. The van der Waals surface area contributed by atoms with Crippen molar-refractivity contribution in [1.82, 2.24) is 4.90 Å². The molecule has 0 unspecified atom stereocenters. The van der Waals surface area contributed by atoms with E-state index in [0.29, 0.717) is 11.8 Å². The fraction of sp³-hybridized carbons (Fsp3) is 0.895. The fourth-order valence-electron chi connectivity index (χ4n) is 3.80. The van der Waals surface area contributed by atoms with Crippen LogP contribution in [0.1, 0.15) is 78.6 Å². The number of hydrogen-bond acceptors (Lipinski definition) is 3. The van der Waals surface area contributed by atoms with Crippen LogP contribution in [0.2, 0.25) is 0 Å². The molecule has 2 rings (SSSR count). The van der Waals surface area contributed by atoms with Crippen molar-refractivity contribution in [1.29, 1.82) is 0 Å². The summed E-state index contributed by atoms with van der Waals surface area (Å²) in [4.78, 5) is 25.9. The Morgan fingerprint density at radius 2 is 1.57 bits per heavy atom. The molecule has 0 aromatic rings. The maximum atomic E-state index is 12.1. The number of nitrogens with zero attached hydrogens (tertiary/aromatic N) is 1.